The minimum atomic E-state index is -0.568. The maximum Gasteiger partial charge on any atom is 0.256 e. The van der Waals surface area contributed by atoms with E-state index in [0.717, 1.165) is 31.5 Å². The van der Waals surface area contributed by atoms with Crippen LogP contribution in [0, 0.1) is 11.7 Å². The van der Waals surface area contributed by atoms with Gasteiger partial charge in [-0.05, 0) is 42.7 Å². The monoisotopic (exact) mass is 456 g/mol. The lowest BCUT2D eigenvalue weighted by molar-refractivity contribution is -0.134. The molecule has 0 unspecified atom stereocenters. The number of hydrogen-bond donors (Lipinski definition) is 0. The number of carbonyl (C=O) groups excluding carboxylic acids is 2. The van der Waals surface area contributed by atoms with Gasteiger partial charge in [0.25, 0.3) is 5.91 Å². The zero-order valence-electron chi connectivity index (χ0n) is 19.2. The first-order chi connectivity index (χ1) is 16.0. The van der Waals surface area contributed by atoms with Crippen LogP contribution in [0.25, 0.3) is 0 Å². The Morgan fingerprint density at radius 2 is 1.55 bits per heavy atom. The molecule has 0 radical (unpaired) electrons. The van der Waals surface area contributed by atoms with E-state index in [4.69, 9.17) is 14.2 Å². The molecule has 176 valence electrons. The van der Waals surface area contributed by atoms with Crippen LogP contribution in [-0.4, -0.2) is 69.1 Å². The smallest absolute Gasteiger partial charge is 0.256 e. The number of likely N-dealkylation sites (tertiary alicyclic amines) is 2. The Labute approximate surface area is 193 Å². The molecule has 2 fully saturated rings. The van der Waals surface area contributed by atoms with Gasteiger partial charge in [0.2, 0.25) is 11.7 Å². The topological polar surface area (TPSA) is 68.3 Å². The van der Waals surface area contributed by atoms with Crippen molar-refractivity contribution in [2.45, 2.75) is 18.8 Å². The molecule has 0 bridgehead atoms. The lowest BCUT2D eigenvalue weighted by Crippen LogP contribution is -2.37. The average molecular weight is 457 g/mol. The Kier molecular flexibility index (Phi) is 6.72. The molecule has 7 nitrogen and oxygen atoms in total. The molecule has 4 rings (SSSR count). The first-order valence-corrected chi connectivity index (χ1v) is 11.1. The van der Waals surface area contributed by atoms with Crippen molar-refractivity contribution in [3.63, 3.8) is 0 Å². The molecule has 2 aliphatic heterocycles. The zero-order valence-corrected chi connectivity index (χ0v) is 19.2. The highest BCUT2D eigenvalue weighted by Gasteiger charge is 2.43. The summed E-state index contributed by atoms with van der Waals surface area (Å²) in [6.45, 7) is 1.96. The Morgan fingerprint density at radius 1 is 0.909 bits per heavy atom. The summed E-state index contributed by atoms with van der Waals surface area (Å²) in [6, 6.07) is 9.58. The molecule has 2 aromatic rings. The quantitative estimate of drug-likeness (QED) is 0.667. The molecule has 33 heavy (non-hydrogen) atoms. The van der Waals surface area contributed by atoms with E-state index >= 15 is 0 Å². The van der Waals surface area contributed by atoms with Gasteiger partial charge < -0.3 is 24.0 Å². The number of rotatable bonds is 6. The summed E-state index contributed by atoms with van der Waals surface area (Å²) in [5.74, 6) is -0.262. The summed E-state index contributed by atoms with van der Waals surface area (Å²) in [5, 5.41) is 0. The minimum Gasteiger partial charge on any atom is -0.493 e. The number of halogens is 1. The van der Waals surface area contributed by atoms with Gasteiger partial charge in [0.05, 0.1) is 32.8 Å². The summed E-state index contributed by atoms with van der Waals surface area (Å²) < 4.78 is 30.8. The van der Waals surface area contributed by atoms with Gasteiger partial charge in [-0.25, -0.2) is 4.39 Å². The maximum absolute atomic E-state index is 14.3. The highest BCUT2D eigenvalue weighted by Crippen LogP contribution is 2.44. The molecular weight excluding hydrogens is 427 g/mol. The van der Waals surface area contributed by atoms with Crippen molar-refractivity contribution in [1.82, 2.24) is 9.80 Å². The highest BCUT2D eigenvalue weighted by molar-refractivity contribution is 5.95. The van der Waals surface area contributed by atoms with E-state index in [1.165, 1.54) is 33.5 Å². The molecule has 2 saturated heterocycles. The van der Waals surface area contributed by atoms with E-state index < -0.39 is 17.6 Å². The number of amides is 2. The van der Waals surface area contributed by atoms with Gasteiger partial charge in [0.15, 0.2) is 11.5 Å². The van der Waals surface area contributed by atoms with Crippen molar-refractivity contribution < 1.29 is 28.2 Å². The van der Waals surface area contributed by atoms with Crippen molar-refractivity contribution in [2.75, 3.05) is 47.5 Å². The number of carbonyl (C=O) groups is 2. The van der Waals surface area contributed by atoms with Crippen LogP contribution >= 0.6 is 0 Å². The van der Waals surface area contributed by atoms with E-state index in [2.05, 4.69) is 0 Å². The first kappa shape index (κ1) is 22.9. The largest absolute Gasteiger partial charge is 0.493 e. The predicted octanol–water partition coefficient (Wildman–Crippen LogP) is 3.33. The van der Waals surface area contributed by atoms with E-state index in [-0.39, 0.29) is 30.5 Å². The fourth-order valence-corrected chi connectivity index (χ4v) is 4.85. The average Bonchev–Trinajstić information content (AvgIpc) is 3.53. The fraction of sp³-hybridized carbons (Fsp3) is 0.440. The van der Waals surface area contributed by atoms with Crippen LogP contribution in [0.1, 0.15) is 34.7 Å². The maximum atomic E-state index is 14.3. The Hall–Kier alpha value is -3.29. The second-order valence-electron chi connectivity index (χ2n) is 8.39. The third-order valence-corrected chi connectivity index (χ3v) is 6.56. The standard InChI is InChI=1S/C25H29FN2O5/c1-31-21-12-16(13-22(32-2)23(21)33-3)18-14-28(24(29)17-8-4-5-9-20(17)26)15-19(18)25(30)27-10-6-7-11-27/h4-5,8-9,12-13,18-19H,6-7,10-11,14-15H2,1-3H3/t18-,19+/m0/s1. The predicted molar refractivity (Wildman–Crippen MR) is 120 cm³/mol. The SMILES string of the molecule is COc1cc([C@@H]2CN(C(=O)c3ccccc3F)C[C@H]2C(=O)N2CCCC2)cc(OC)c1OC. The van der Waals surface area contributed by atoms with Crippen LogP contribution in [0.5, 0.6) is 17.2 Å². The van der Waals surface area contributed by atoms with Crippen LogP contribution < -0.4 is 14.2 Å². The second-order valence-corrected chi connectivity index (χ2v) is 8.39. The minimum absolute atomic E-state index is 0.00964. The molecule has 8 heteroatoms. The van der Waals surface area contributed by atoms with Crippen LogP contribution in [0.2, 0.25) is 0 Å². The van der Waals surface area contributed by atoms with Crippen molar-refractivity contribution in [3.8, 4) is 17.2 Å². The molecule has 2 aliphatic rings. The summed E-state index contributed by atoms with van der Waals surface area (Å²) >= 11 is 0. The van der Waals surface area contributed by atoms with Crippen molar-refractivity contribution >= 4 is 11.8 Å². The Morgan fingerprint density at radius 3 is 2.12 bits per heavy atom. The van der Waals surface area contributed by atoms with Gasteiger partial charge in [-0.15, -0.1) is 0 Å². The summed E-state index contributed by atoms with van der Waals surface area (Å²) in [6.07, 6.45) is 1.95. The summed E-state index contributed by atoms with van der Waals surface area (Å²) in [5.41, 5.74) is 0.821. The lowest BCUT2D eigenvalue weighted by atomic mass is 9.87. The number of nitrogens with zero attached hydrogens (tertiary/aromatic N) is 2. The molecule has 2 aromatic carbocycles. The van der Waals surface area contributed by atoms with Gasteiger partial charge in [0.1, 0.15) is 5.82 Å². The molecule has 2 atom stereocenters. The van der Waals surface area contributed by atoms with Gasteiger partial charge in [-0.1, -0.05) is 12.1 Å². The molecule has 0 spiro atoms. The highest BCUT2D eigenvalue weighted by atomic mass is 19.1. The molecule has 0 aliphatic carbocycles. The molecule has 0 saturated carbocycles. The molecule has 2 heterocycles. The van der Waals surface area contributed by atoms with Crippen molar-refractivity contribution in [3.05, 3.63) is 53.3 Å². The van der Waals surface area contributed by atoms with Gasteiger partial charge in [-0.2, -0.15) is 0 Å². The van der Waals surface area contributed by atoms with Crippen LogP contribution in [-0.2, 0) is 4.79 Å². The fourth-order valence-electron chi connectivity index (χ4n) is 4.85. The van der Waals surface area contributed by atoms with Gasteiger partial charge >= 0.3 is 0 Å². The Balaban J connectivity index is 1.71. The van der Waals surface area contributed by atoms with Crippen molar-refractivity contribution in [2.24, 2.45) is 5.92 Å². The lowest BCUT2D eigenvalue weighted by Gasteiger charge is -2.25. The van der Waals surface area contributed by atoms with E-state index in [1.807, 2.05) is 17.0 Å². The molecule has 2 amide bonds. The third kappa shape index (κ3) is 4.34. The van der Waals surface area contributed by atoms with Crippen LogP contribution in [0.3, 0.4) is 0 Å². The Bertz CT molecular complexity index is 1010. The molecule has 0 N–H and O–H groups in total. The number of hydrogen-bond acceptors (Lipinski definition) is 5. The summed E-state index contributed by atoms with van der Waals surface area (Å²) in [4.78, 5) is 30.1. The number of methoxy groups -OCH3 is 3. The van der Waals surface area contributed by atoms with E-state index in [0.29, 0.717) is 17.2 Å². The number of ether oxygens (including phenoxy) is 3. The van der Waals surface area contributed by atoms with Crippen molar-refractivity contribution in [1.29, 1.82) is 0 Å². The zero-order chi connectivity index (χ0) is 23.5. The van der Waals surface area contributed by atoms with E-state index in [1.54, 1.807) is 17.0 Å². The van der Waals surface area contributed by atoms with Crippen LogP contribution in [0.4, 0.5) is 4.39 Å². The summed E-state index contributed by atoms with van der Waals surface area (Å²) in [7, 11) is 4.61. The van der Waals surface area contributed by atoms with Gasteiger partial charge in [0, 0.05) is 32.1 Å². The second kappa shape index (κ2) is 9.68. The first-order valence-electron chi connectivity index (χ1n) is 11.1. The number of benzene rings is 2. The normalized spacial score (nSPS) is 20.1. The third-order valence-electron chi connectivity index (χ3n) is 6.56. The molecular formula is C25H29FN2O5. The van der Waals surface area contributed by atoms with E-state index in [9.17, 15) is 14.0 Å². The molecule has 0 aromatic heterocycles. The van der Waals surface area contributed by atoms with Gasteiger partial charge in [-0.3, -0.25) is 9.59 Å². The van der Waals surface area contributed by atoms with Crippen LogP contribution in [0.15, 0.2) is 36.4 Å².